The Morgan fingerprint density at radius 1 is 1.58 bits per heavy atom. The van der Waals surface area contributed by atoms with Crippen molar-refractivity contribution in [2.24, 2.45) is 0 Å². The lowest BCUT2D eigenvalue weighted by Crippen LogP contribution is -2.49. The van der Waals surface area contributed by atoms with Crippen LogP contribution in [0.2, 0.25) is 0 Å². The first-order valence-corrected chi connectivity index (χ1v) is 6.36. The summed E-state index contributed by atoms with van der Waals surface area (Å²) in [7, 11) is 1.40. The van der Waals surface area contributed by atoms with Crippen LogP contribution in [0.15, 0.2) is 18.2 Å². The van der Waals surface area contributed by atoms with Gasteiger partial charge in [0, 0.05) is 18.8 Å². The number of nitrogen functional groups attached to an aromatic ring is 1. The quantitative estimate of drug-likeness (QED) is 0.650. The van der Waals surface area contributed by atoms with Crippen LogP contribution in [0, 0.1) is 6.92 Å². The van der Waals surface area contributed by atoms with E-state index in [2.05, 4.69) is 4.90 Å². The molecule has 1 aromatic carbocycles. The molecule has 0 aliphatic carbocycles. The maximum atomic E-state index is 11.7. The third-order valence-corrected chi connectivity index (χ3v) is 3.39. The monoisotopic (exact) mass is 264 g/mol. The zero-order chi connectivity index (χ0) is 13.8. The van der Waals surface area contributed by atoms with E-state index in [1.54, 1.807) is 0 Å². The highest BCUT2D eigenvalue weighted by atomic mass is 16.5. The lowest BCUT2D eigenvalue weighted by Gasteiger charge is -2.33. The number of hydrogen-bond donors (Lipinski definition) is 1. The fourth-order valence-corrected chi connectivity index (χ4v) is 2.26. The van der Waals surface area contributed by atoms with Gasteiger partial charge in [0.25, 0.3) is 0 Å². The van der Waals surface area contributed by atoms with Crippen LogP contribution in [0.1, 0.15) is 11.1 Å². The van der Waals surface area contributed by atoms with Crippen molar-refractivity contribution in [2.45, 2.75) is 19.5 Å². The van der Waals surface area contributed by atoms with Crippen LogP contribution in [0.5, 0.6) is 0 Å². The van der Waals surface area contributed by atoms with Gasteiger partial charge in [-0.15, -0.1) is 0 Å². The fraction of sp³-hybridized carbons (Fsp3) is 0.500. The molecule has 0 aromatic heterocycles. The molecule has 1 aliphatic heterocycles. The summed E-state index contributed by atoms with van der Waals surface area (Å²) >= 11 is 0. The molecule has 2 rings (SSSR count). The Bertz CT molecular complexity index is 462. The number of benzene rings is 1. The number of carbonyl (C=O) groups excluding carboxylic acids is 1. The highest BCUT2D eigenvalue weighted by Crippen LogP contribution is 2.19. The summed E-state index contributed by atoms with van der Waals surface area (Å²) in [6.07, 6.45) is 0. The molecular formula is C14H20N2O3. The number of aryl methyl sites for hydroxylation is 1. The van der Waals surface area contributed by atoms with Gasteiger partial charge in [-0.3, -0.25) is 9.69 Å². The molecule has 1 aromatic rings. The average molecular weight is 264 g/mol. The summed E-state index contributed by atoms with van der Waals surface area (Å²) < 4.78 is 10.2. The Hall–Kier alpha value is -1.59. The number of ether oxygens (including phenoxy) is 2. The SMILES string of the molecule is COC(=O)C1COCCN1Cc1ccc(C)cc1N. The van der Waals surface area contributed by atoms with Crippen LogP contribution in [-0.2, 0) is 20.8 Å². The van der Waals surface area contributed by atoms with Gasteiger partial charge in [-0.1, -0.05) is 12.1 Å². The van der Waals surface area contributed by atoms with Gasteiger partial charge >= 0.3 is 5.97 Å². The van der Waals surface area contributed by atoms with E-state index < -0.39 is 0 Å². The third kappa shape index (κ3) is 3.24. The molecule has 0 spiro atoms. The maximum absolute atomic E-state index is 11.7. The molecule has 1 aliphatic rings. The third-order valence-electron chi connectivity index (χ3n) is 3.39. The van der Waals surface area contributed by atoms with Crippen molar-refractivity contribution >= 4 is 11.7 Å². The summed E-state index contributed by atoms with van der Waals surface area (Å²) in [5, 5.41) is 0. The molecule has 1 fully saturated rings. The van der Waals surface area contributed by atoms with Crippen molar-refractivity contribution in [1.82, 2.24) is 4.90 Å². The molecule has 0 radical (unpaired) electrons. The molecule has 0 amide bonds. The lowest BCUT2D eigenvalue weighted by atomic mass is 10.1. The average Bonchev–Trinajstić information content (AvgIpc) is 2.41. The van der Waals surface area contributed by atoms with Gasteiger partial charge in [-0.25, -0.2) is 0 Å². The number of nitrogens with zero attached hydrogens (tertiary/aromatic N) is 1. The molecule has 0 bridgehead atoms. The van der Waals surface area contributed by atoms with Gasteiger partial charge in [0.1, 0.15) is 6.04 Å². The normalized spacial score (nSPS) is 20.2. The Kier molecular flexibility index (Phi) is 4.39. The van der Waals surface area contributed by atoms with Gasteiger partial charge in [-0.05, 0) is 24.1 Å². The summed E-state index contributed by atoms with van der Waals surface area (Å²) in [6, 6.07) is 5.64. The number of methoxy groups -OCH3 is 1. The number of anilines is 1. The topological polar surface area (TPSA) is 64.8 Å². The first-order valence-electron chi connectivity index (χ1n) is 6.36. The summed E-state index contributed by atoms with van der Waals surface area (Å²) in [5.41, 5.74) is 8.94. The van der Waals surface area contributed by atoms with Gasteiger partial charge in [0.05, 0.1) is 20.3 Å². The van der Waals surface area contributed by atoms with Crippen LogP contribution in [-0.4, -0.2) is 43.8 Å². The van der Waals surface area contributed by atoms with Crippen molar-refractivity contribution in [3.63, 3.8) is 0 Å². The first-order chi connectivity index (χ1) is 9.11. The van der Waals surface area contributed by atoms with Crippen LogP contribution in [0.3, 0.4) is 0 Å². The van der Waals surface area contributed by atoms with E-state index in [4.69, 9.17) is 15.2 Å². The molecule has 104 valence electrons. The fourth-order valence-electron chi connectivity index (χ4n) is 2.26. The van der Waals surface area contributed by atoms with E-state index in [0.717, 1.165) is 16.8 Å². The number of morpholine rings is 1. The van der Waals surface area contributed by atoms with E-state index in [-0.39, 0.29) is 12.0 Å². The first kappa shape index (κ1) is 13.8. The number of nitrogens with two attached hydrogens (primary N) is 1. The molecule has 0 saturated carbocycles. The van der Waals surface area contributed by atoms with Crippen molar-refractivity contribution in [3.8, 4) is 0 Å². The van der Waals surface area contributed by atoms with Crippen molar-refractivity contribution in [2.75, 3.05) is 32.6 Å². The van der Waals surface area contributed by atoms with Crippen LogP contribution in [0.25, 0.3) is 0 Å². The predicted octanol–water partition coefficient (Wildman–Crippen LogP) is 0.951. The van der Waals surface area contributed by atoms with Crippen molar-refractivity contribution in [3.05, 3.63) is 29.3 Å². The minimum Gasteiger partial charge on any atom is -0.468 e. The van der Waals surface area contributed by atoms with Crippen molar-refractivity contribution < 1.29 is 14.3 Å². The zero-order valence-corrected chi connectivity index (χ0v) is 11.4. The summed E-state index contributed by atoms with van der Waals surface area (Å²) in [5.74, 6) is -0.259. The molecule has 2 N–H and O–H groups in total. The largest absolute Gasteiger partial charge is 0.468 e. The Balaban J connectivity index is 2.13. The standard InChI is InChI=1S/C14H20N2O3/c1-10-3-4-11(12(15)7-10)8-16-5-6-19-9-13(16)14(17)18-2/h3-4,7,13H,5-6,8-9,15H2,1-2H3. The molecule has 5 heteroatoms. The molecule has 1 atom stereocenters. The zero-order valence-electron chi connectivity index (χ0n) is 11.4. The summed E-state index contributed by atoms with van der Waals surface area (Å²) in [4.78, 5) is 13.8. The van der Waals surface area contributed by atoms with Crippen LogP contribution in [0.4, 0.5) is 5.69 Å². The predicted molar refractivity (Wildman–Crippen MR) is 72.6 cm³/mol. The minimum atomic E-state index is -0.348. The molecule has 1 saturated heterocycles. The smallest absolute Gasteiger partial charge is 0.325 e. The molecule has 19 heavy (non-hydrogen) atoms. The van der Waals surface area contributed by atoms with E-state index in [9.17, 15) is 4.79 Å². The molecule has 1 unspecified atom stereocenters. The molecule has 5 nitrogen and oxygen atoms in total. The van der Waals surface area contributed by atoms with Gasteiger partial charge in [0.15, 0.2) is 0 Å². The van der Waals surface area contributed by atoms with E-state index in [1.807, 2.05) is 25.1 Å². The second-order valence-corrected chi connectivity index (χ2v) is 4.79. The minimum absolute atomic E-state index is 0.259. The molecule has 1 heterocycles. The Labute approximate surface area is 113 Å². The van der Waals surface area contributed by atoms with Crippen molar-refractivity contribution in [1.29, 1.82) is 0 Å². The van der Waals surface area contributed by atoms with E-state index in [1.165, 1.54) is 7.11 Å². The van der Waals surface area contributed by atoms with Gasteiger partial charge < -0.3 is 15.2 Å². The van der Waals surface area contributed by atoms with Gasteiger partial charge in [0.2, 0.25) is 0 Å². The van der Waals surface area contributed by atoms with Gasteiger partial charge in [-0.2, -0.15) is 0 Å². The number of esters is 1. The summed E-state index contributed by atoms with van der Waals surface area (Å²) in [6.45, 7) is 4.34. The van der Waals surface area contributed by atoms with E-state index in [0.29, 0.717) is 26.3 Å². The molecular weight excluding hydrogens is 244 g/mol. The number of carbonyl (C=O) groups is 1. The van der Waals surface area contributed by atoms with E-state index >= 15 is 0 Å². The number of hydrogen-bond acceptors (Lipinski definition) is 5. The van der Waals surface area contributed by atoms with Crippen LogP contribution >= 0.6 is 0 Å². The number of rotatable bonds is 3. The highest BCUT2D eigenvalue weighted by Gasteiger charge is 2.30. The van der Waals surface area contributed by atoms with Crippen LogP contribution < -0.4 is 5.73 Å². The second kappa shape index (κ2) is 6.04. The lowest BCUT2D eigenvalue weighted by molar-refractivity contribution is -0.153. The maximum Gasteiger partial charge on any atom is 0.325 e. The Morgan fingerprint density at radius 2 is 2.37 bits per heavy atom. The Morgan fingerprint density at radius 3 is 3.05 bits per heavy atom. The highest BCUT2D eigenvalue weighted by molar-refractivity contribution is 5.76. The second-order valence-electron chi connectivity index (χ2n) is 4.79.